The van der Waals surface area contributed by atoms with Crippen molar-refractivity contribution in [3.05, 3.63) is 30.5 Å². The van der Waals surface area contributed by atoms with Crippen LogP contribution >= 0.6 is 45.2 Å². The summed E-state index contributed by atoms with van der Waals surface area (Å²) in [5, 5.41) is 14.3. The molecule has 2 rings (SSSR count). The van der Waals surface area contributed by atoms with Crippen molar-refractivity contribution in [2.75, 3.05) is 0 Å². The lowest BCUT2D eigenvalue weighted by Crippen LogP contribution is -2.22. The molecular weight excluding hydrogens is 450 g/mol. The van der Waals surface area contributed by atoms with Crippen molar-refractivity contribution >= 4 is 63.2 Å². The van der Waals surface area contributed by atoms with E-state index in [2.05, 4.69) is 33.2 Å². The van der Waals surface area contributed by atoms with Crippen LogP contribution in [0.3, 0.4) is 0 Å². The highest BCUT2D eigenvalue weighted by atomic mass is 127. The number of aromatic hydroxyl groups is 1. The Morgan fingerprint density at radius 2 is 1.88 bits per heavy atom. The second kappa shape index (κ2) is 4.80. The molecule has 0 unspecified atom stereocenters. The molecule has 1 aromatic rings. The fourth-order valence-electron chi connectivity index (χ4n) is 1.33. The van der Waals surface area contributed by atoms with Gasteiger partial charge in [-0.1, -0.05) is 0 Å². The lowest BCUT2D eigenvalue weighted by atomic mass is 10.1. The number of hydrogen-bond acceptors (Lipinski definition) is 3. The van der Waals surface area contributed by atoms with E-state index in [9.17, 15) is 14.7 Å². The second-order valence-corrected chi connectivity index (χ2v) is 5.70. The third kappa shape index (κ3) is 2.70. The van der Waals surface area contributed by atoms with Crippen molar-refractivity contribution in [2.45, 2.75) is 0 Å². The van der Waals surface area contributed by atoms with Crippen molar-refractivity contribution in [1.82, 2.24) is 10.6 Å². The SMILES string of the molecule is O=C1NC(=O)/C(=C\c2cc(I)cc(I)c2O)N1. The number of benzene rings is 1. The summed E-state index contributed by atoms with van der Waals surface area (Å²) in [7, 11) is 0. The first kappa shape index (κ1) is 12.6. The Morgan fingerprint density at radius 3 is 2.47 bits per heavy atom. The highest BCUT2D eigenvalue weighted by Gasteiger charge is 2.23. The molecule has 3 amide bonds. The molecule has 1 saturated heterocycles. The van der Waals surface area contributed by atoms with Gasteiger partial charge in [-0.25, -0.2) is 4.79 Å². The van der Waals surface area contributed by atoms with Gasteiger partial charge in [0.2, 0.25) is 0 Å². The number of nitrogens with one attached hydrogen (secondary N) is 2. The van der Waals surface area contributed by atoms with Gasteiger partial charge in [0.1, 0.15) is 11.4 Å². The van der Waals surface area contributed by atoms with Crippen LogP contribution in [0.5, 0.6) is 5.75 Å². The molecular formula is C10H6I2N2O3. The highest BCUT2D eigenvalue weighted by Crippen LogP contribution is 2.28. The zero-order valence-electron chi connectivity index (χ0n) is 8.25. The van der Waals surface area contributed by atoms with E-state index in [0.29, 0.717) is 9.13 Å². The number of imide groups is 1. The zero-order chi connectivity index (χ0) is 12.6. The summed E-state index contributed by atoms with van der Waals surface area (Å²) in [6.07, 6.45) is 1.44. The third-order valence-electron chi connectivity index (χ3n) is 2.08. The molecule has 0 spiro atoms. The quantitative estimate of drug-likeness (QED) is 0.343. The number of urea groups is 1. The number of amides is 3. The van der Waals surface area contributed by atoms with Gasteiger partial charge in [0.15, 0.2) is 0 Å². The topological polar surface area (TPSA) is 78.4 Å². The van der Waals surface area contributed by atoms with E-state index in [1.54, 1.807) is 6.07 Å². The van der Waals surface area contributed by atoms with Crippen LogP contribution in [0.1, 0.15) is 5.56 Å². The molecule has 1 heterocycles. The minimum Gasteiger partial charge on any atom is -0.506 e. The summed E-state index contributed by atoms with van der Waals surface area (Å²) < 4.78 is 1.62. The first-order valence-corrected chi connectivity index (χ1v) is 6.65. The summed E-state index contributed by atoms with van der Waals surface area (Å²) in [4.78, 5) is 22.2. The fourth-order valence-corrected chi connectivity index (χ4v) is 3.22. The van der Waals surface area contributed by atoms with Gasteiger partial charge < -0.3 is 10.4 Å². The first-order chi connectivity index (χ1) is 7.97. The van der Waals surface area contributed by atoms with E-state index < -0.39 is 11.9 Å². The number of hydrogen-bond donors (Lipinski definition) is 3. The predicted molar refractivity (Wildman–Crippen MR) is 78.2 cm³/mol. The molecule has 0 saturated carbocycles. The van der Waals surface area contributed by atoms with Gasteiger partial charge in [-0.3, -0.25) is 10.1 Å². The van der Waals surface area contributed by atoms with Gasteiger partial charge in [-0.05, 0) is 63.4 Å². The van der Waals surface area contributed by atoms with Gasteiger partial charge in [0.05, 0.1) is 3.57 Å². The van der Waals surface area contributed by atoms with E-state index in [1.807, 2.05) is 28.7 Å². The van der Waals surface area contributed by atoms with Gasteiger partial charge in [0, 0.05) is 9.13 Å². The molecule has 0 aromatic heterocycles. The molecule has 3 N–H and O–H groups in total. The van der Waals surface area contributed by atoms with Crippen molar-refractivity contribution < 1.29 is 14.7 Å². The number of halogens is 2. The number of phenolic OH excluding ortho intramolecular Hbond substituents is 1. The molecule has 0 bridgehead atoms. The Bertz CT molecular complexity index is 555. The average Bonchev–Trinajstić information content (AvgIpc) is 2.53. The van der Waals surface area contributed by atoms with Crippen LogP contribution in [0, 0.1) is 7.14 Å². The Hall–Kier alpha value is -0.840. The smallest absolute Gasteiger partial charge is 0.326 e. The summed E-state index contributed by atoms with van der Waals surface area (Å²) in [5.74, 6) is -0.407. The van der Waals surface area contributed by atoms with Crippen LogP contribution < -0.4 is 10.6 Å². The molecule has 88 valence electrons. The lowest BCUT2D eigenvalue weighted by Gasteiger charge is -2.04. The maximum atomic E-state index is 11.3. The maximum Gasteiger partial charge on any atom is 0.326 e. The number of rotatable bonds is 1. The number of carbonyl (C=O) groups is 2. The first-order valence-electron chi connectivity index (χ1n) is 4.49. The van der Waals surface area contributed by atoms with Gasteiger partial charge >= 0.3 is 6.03 Å². The summed E-state index contributed by atoms with van der Waals surface area (Å²) >= 11 is 4.11. The van der Waals surface area contributed by atoms with E-state index in [1.165, 1.54) is 6.08 Å². The normalized spacial score (nSPS) is 17.2. The number of phenols is 1. The molecule has 5 nitrogen and oxygen atoms in total. The Kier molecular flexibility index (Phi) is 3.56. The summed E-state index contributed by atoms with van der Waals surface area (Å²) in [5.41, 5.74) is 0.622. The van der Waals surface area contributed by atoms with Crippen molar-refractivity contribution in [2.24, 2.45) is 0 Å². The van der Waals surface area contributed by atoms with Gasteiger partial charge in [0.25, 0.3) is 5.91 Å². The lowest BCUT2D eigenvalue weighted by molar-refractivity contribution is -0.115. The molecule has 0 atom stereocenters. The monoisotopic (exact) mass is 456 g/mol. The minimum atomic E-state index is -0.555. The van der Waals surface area contributed by atoms with Crippen LogP contribution in [-0.2, 0) is 4.79 Å². The Morgan fingerprint density at radius 1 is 1.18 bits per heavy atom. The Balaban J connectivity index is 2.46. The molecule has 1 aliphatic heterocycles. The van der Waals surface area contributed by atoms with Crippen LogP contribution in [-0.4, -0.2) is 17.0 Å². The molecule has 17 heavy (non-hydrogen) atoms. The number of carbonyl (C=O) groups excluding carboxylic acids is 2. The predicted octanol–water partition coefficient (Wildman–Crippen LogP) is 1.78. The van der Waals surface area contributed by atoms with Crippen LogP contribution in [0.25, 0.3) is 6.08 Å². The Labute approximate surface area is 124 Å². The fraction of sp³-hybridized carbons (Fsp3) is 0. The third-order valence-corrected chi connectivity index (χ3v) is 3.52. The molecule has 0 aliphatic carbocycles. The van der Waals surface area contributed by atoms with Crippen molar-refractivity contribution in [3.63, 3.8) is 0 Å². The van der Waals surface area contributed by atoms with E-state index >= 15 is 0 Å². The average molecular weight is 456 g/mol. The van der Waals surface area contributed by atoms with Gasteiger partial charge in [-0.2, -0.15) is 0 Å². The van der Waals surface area contributed by atoms with Crippen molar-refractivity contribution in [3.8, 4) is 5.75 Å². The largest absolute Gasteiger partial charge is 0.506 e. The highest BCUT2D eigenvalue weighted by molar-refractivity contribution is 14.1. The van der Waals surface area contributed by atoms with E-state index in [-0.39, 0.29) is 11.4 Å². The molecule has 7 heteroatoms. The molecule has 0 radical (unpaired) electrons. The standard InChI is InChI=1S/C10H6I2N2O3/c11-5-1-4(8(15)6(12)3-5)2-7-9(16)14-10(17)13-7/h1-3,15H,(H2,13,14,16,17)/b7-2+. The van der Waals surface area contributed by atoms with Crippen LogP contribution in [0.4, 0.5) is 4.79 Å². The maximum absolute atomic E-state index is 11.3. The van der Waals surface area contributed by atoms with Gasteiger partial charge in [-0.15, -0.1) is 0 Å². The van der Waals surface area contributed by atoms with Crippen LogP contribution in [0.15, 0.2) is 17.8 Å². The second-order valence-electron chi connectivity index (χ2n) is 3.29. The zero-order valence-corrected chi connectivity index (χ0v) is 12.6. The molecule has 1 aliphatic rings. The van der Waals surface area contributed by atoms with Crippen molar-refractivity contribution in [1.29, 1.82) is 0 Å². The minimum absolute atomic E-state index is 0.0902. The van der Waals surface area contributed by atoms with Crippen LogP contribution in [0.2, 0.25) is 0 Å². The summed E-state index contributed by atoms with van der Waals surface area (Å²) in [6.45, 7) is 0. The van der Waals surface area contributed by atoms with E-state index in [0.717, 1.165) is 3.57 Å². The molecule has 1 fully saturated rings. The van der Waals surface area contributed by atoms with E-state index in [4.69, 9.17) is 0 Å². The summed E-state index contributed by atoms with van der Waals surface area (Å²) in [6, 6.07) is 2.98. The molecule has 1 aromatic carbocycles.